The zero-order chi connectivity index (χ0) is 19.3. The van der Waals surface area contributed by atoms with Gasteiger partial charge in [0.1, 0.15) is 10.6 Å². The quantitative estimate of drug-likeness (QED) is 0.825. The first-order valence-corrected chi connectivity index (χ1v) is 10.5. The van der Waals surface area contributed by atoms with Crippen molar-refractivity contribution in [1.82, 2.24) is 4.31 Å². The molecule has 0 spiro atoms. The molecule has 7 heteroatoms. The summed E-state index contributed by atoms with van der Waals surface area (Å²) in [6.45, 7) is 1.02. The van der Waals surface area contributed by atoms with Crippen molar-refractivity contribution in [2.45, 2.75) is 30.6 Å². The number of hydrogen-bond donors (Lipinski definition) is 1. The molecule has 0 radical (unpaired) electrons. The van der Waals surface area contributed by atoms with Crippen molar-refractivity contribution < 1.29 is 17.9 Å². The summed E-state index contributed by atoms with van der Waals surface area (Å²) in [5.74, 6) is 0.0781. The van der Waals surface area contributed by atoms with Gasteiger partial charge >= 0.3 is 0 Å². The van der Waals surface area contributed by atoms with E-state index in [9.17, 15) is 13.2 Å². The Morgan fingerprint density at radius 3 is 2.44 bits per heavy atom. The smallest absolute Gasteiger partial charge is 0.246 e. The van der Waals surface area contributed by atoms with E-state index >= 15 is 0 Å². The number of rotatable bonds is 6. The van der Waals surface area contributed by atoms with Crippen molar-refractivity contribution in [3.63, 3.8) is 0 Å². The van der Waals surface area contributed by atoms with Gasteiger partial charge in [0.15, 0.2) is 0 Å². The van der Waals surface area contributed by atoms with Crippen molar-refractivity contribution in [2.75, 3.05) is 25.5 Å². The van der Waals surface area contributed by atoms with E-state index in [-0.39, 0.29) is 23.0 Å². The highest BCUT2D eigenvalue weighted by Gasteiger charge is 2.29. The van der Waals surface area contributed by atoms with Gasteiger partial charge in [-0.1, -0.05) is 36.8 Å². The number of carbonyl (C=O) groups is 1. The number of nitrogens with one attached hydrogen (secondary N) is 1. The van der Waals surface area contributed by atoms with Gasteiger partial charge in [-0.05, 0) is 36.6 Å². The van der Waals surface area contributed by atoms with Crippen molar-refractivity contribution in [3.8, 4) is 5.75 Å². The molecule has 0 saturated carbocycles. The lowest BCUT2D eigenvalue weighted by atomic mass is 10.1. The van der Waals surface area contributed by atoms with Crippen LogP contribution in [0.5, 0.6) is 5.75 Å². The fourth-order valence-electron chi connectivity index (χ4n) is 3.19. The Kier molecular flexibility index (Phi) is 6.13. The molecule has 6 nitrogen and oxygen atoms in total. The van der Waals surface area contributed by atoms with Crippen LogP contribution in [0.2, 0.25) is 0 Å². The lowest BCUT2D eigenvalue weighted by Crippen LogP contribution is -2.35. The first-order valence-electron chi connectivity index (χ1n) is 9.02. The van der Waals surface area contributed by atoms with Crippen molar-refractivity contribution in [2.24, 2.45) is 0 Å². The molecule has 0 atom stereocenters. The fourth-order valence-corrected chi connectivity index (χ4v) is 4.89. The molecule has 144 valence electrons. The van der Waals surface area contributed by atoms with Crippen LogP contribution in [0.15, 0.2) is 53.4 Å². The summed E-state index contributed by atoms with van der Waals surface area (Å²) < 4.78 is 32.8. The van der Waals surface area contributed by atoms with Crippen LogP contribution >= 0.6 is 0 Å². The second-order valence-electron chi connectivity index (χ2n) is 6.54. The number of amides is 1. The summed E-state index contributed by atoms with van der Waals surface area (Å²) >= 11 is 0. The first kappa shape index (κ1) is 19.4. The second-order valence-corrected chi connectivity index (χ2v) is 8.45. The number of piperidine rings is 1. The monoisotopic (exact) mass is 388 g/mol. The van der Waals surface area contributed by atoms with E-state index < -0.39 is 10.0 Å². The Morgan fingerprint density at radius 2 is 1.78 bits per heavy atom. The fraction of sp³-hybridized carbons (Fsp3) is 0.350. The van der Waals surface area contributed by atoms with Gasteiger partial charge in [0, 0.05) is 18.8 Å². The van der Waals surface area contributed by atoms with Crippen molar-refractivity contribution in [1.29, 1.82) is 0 Å². The zero-order valence-corrected chi connectivity index (χ0v) is 16.2. The van der Waals surface area contributed by atoms with Gasteiger partial charge in [-0.3, -0.25) is 4.79 Å². The number of sulfonamides is 1. The molecular formula is C20H24N2O4S. The van der Waals surface area contributed by atoms with E-state index in [1.54, 1.807) is 12.1 Å². The molecule has 1 saturated heterocycles. The molecule has 1 fully saturated rings. The third kappa shape index (κ3) is 4.67. The van der Waals surface area contributed by atoms with Crippen LogP contribution in [0.3, 0.4) is 0 Å². The Labute approximate surface area is 160 Å². The summed E-state index contributed by atoms with van der Waals surface area (Å²) in [4.78, 5) is 12.4. The summed E-state index contributed by atoms with van der Waals surface area (Å²) in [7, 11) is -2.22. The molecule has 1 aliphatic rings. The molecule has 0 aliphatic carbocycles. The van der Waals surface area contributed by atoms with Gasteiger partial charge in [-0.25, -0.2) is 8.42 Å². The van der Waals surface area contributed by atoms with Gasteiger partial charge in [-0.15, -0.1) is 0 Å². The minimum absolute atomic E-state index is 0.0874. The Balaban J connectivity index is 1.81. The molecule has 1 amide bonds. The zero-order valence-electron chi connectivity index (χ0n) is 15.3. The van der Waals surface area contributed by atoms with Gasteiger partial charge in [0.05, 0.1) is 13.5 Å². The van der Waals surface area contributed by atoms with Gasteiger partial charge in [0.2, 0.25) is 15.9 Å². The molecule has 1 N–H and O–H groups in total. The molecule has 27 heavy (non-hydrogen) atoms. The minimum atomic E-state index is -3.66. The average Bonchev–Trinajstić information content (AvgIpc) is 2.69. The maximum atomic E-state index is 13.0. The van der Waals surface area contributed by atoms with E-state index in [1.807, 2.05) is 30.3 Å². The summed E-state index contributed by atoms with van der Waals surface area (Å²) in [5.41, 5.74) is 1.33. The first-order chi connectivity index (χ1) is 13.0. The highest BCUT2D eigenvalue weighted by Crippen LogP contribution is 2.31. The molecular weight excluding hydrogens is 364 g/mol. The molecule has 0 aromatic heterocycles. The predicted molar refractivity (Wildman–Crippen MR) is 104 cm³/mol. The van der Waals surface area contributed by atoms with E-state index in [2.05, 4.69) is 5.32 Å². The molecule has 2 aromatic carbocycles. The molecule has 1 aliphatic heterocycles. The van der Waals surface area contributed by atoms with Crippen LogP contribution in [-0.4, -0.2) is 38.8 Å². The maximum Gasteiger partial charge on any atom is 0.246 e. The standard InChI is InChI=1S/C20H24N2O4S/c1-26-18-11-10-17(21-20(23)14-16-8-4-2-5-9-16)15-19(18)27(24,25)22-12-6-3-7-13-22/h2,4-5,8-11,15H,3,6-7,12-14H2,1H3,(H,21,23). The minimum Gasteiger partial charge on any atom is -0.495 e. The number of nitrogens with zero attached hydrogens (tertiary/aromatic N) is 1. The summed E-state index contributed by atoms with van der Waals surface area (Å²) in [6.07, 6.45) is 2.98. The molecule has 0 unspecified atom stereocenters. The number of benzene rings is 2. The van der Waals surface area contributed by atoms with Gasteiger partial charge in [-0.2, -0.15) is 4.31 Å². The maximum absolute atomic E-state index is 13.0. The topological polar surface area (TPSA) is 75.7 Å². The largest absolute Gasteiger partial charge is 0.495 e. The number of anilines is 1. The van der Waals surface area contributed by atoms with Gasteiger partial charge < -0.3 is 10.1 Å². The summed E-state index contributed by atoms with van der Waals surface area (Å²) in [6, 6.07) is 14.1. The Morgan fingerprint density at radius 1 is 1.07 bits per heavy atom. The highest BCUT2D eigenvalue weighted by atomic mass is 32.2. The van der Waals surface area contributed by atoms with Crippen LogP contribution in [-0.2, 0) is 21.2 Å². The van der Waals surface area contributed by atoms with Crippen LogP contribution in [0.25, 0.3) is 0 Å². The Bertz CT molecular complexity index is 891. The van der Waals surface area contributed by atoms with E-state index in [0.717, 1.165) is 24.8 Å². The predicted octanol–water partition coefficient (Wildman–Crippen LogP) is 3.05. The van der Waals surface area contributed by atoms with Crippen LogP contribution in [0, 0.1) is 0 Å². The Hall–Kier alpha value is -2.38. The second kappa shape index (κ2) is 8.54. The van der Waals surface area contributed by atoms with Gasteiger partial charge in [0.25, 0.3) is 0 Å². The summed E-state index contributed by atoms with van der Waals surface area (Å²) in [5, 5.41) is 2.78. The van der Waals surface area contributed by atoms with E-state index in [0.29, 0.717) is 18.8 Å². The van der Waals surface area contributed by atoms with Crippen molar-refractivity contribution in [3.05, 3.63) is 54.1 Å². The lowest BCUT2D eigenvalue weighted by molar-refractivity contribution is -0.115. The highest BCUT2D eigenvalue weighted by molar-refractivity contribution is 7.89. The van der Waals surface area contributed by atoms with Crippen LogP contribution in [0.1, 0.15) is 24.8 Å². The number of hydrogen-bond acceptors (Lipinski definition) is 4. The number of ether oxygens (including phenoxy) is 1. The van der Waals surface area contributed by atoms with Crippen molar-refractivity contribution >= 4 is 21.6 Å². The molecule has 3 rings (SSSR count). The average molecular weight is 388 g/mol. The molecule has 2 aromatic rings. The normalized spacial score (nSPS) is 15.3. The number of carbonyl (C=O) groups excluding carboxylic acids is 1. The third-order valence-electron chi connectivity index (χ3n) is 4.59. The van der Waals surface area contributed by atoms with E-state index in [1.165, 1.54) is 17.5 Å². The molecule has 0 bridgehead atoms. The molecule has 1 heterocycles. The van der Waals surface area contributed by atoms with Crippen LogP contribution < -0.4 is 10.1 Å². The van der Waals surface area contributed by atoms with E-state index in [4.69, 9.17) is 4.74 Å². The van der Waals surface area contributed by atoms with Crippen LogP contribution in [0.4, 0.5) is 5.69 Å². The third-order valence-corrected chi connectivity index (χ3v) is 6.51. The SMILES string of the molecule is COc1ccc(NC(=O)Cc2ccccc2)cc1S(=O)(=O)N1CCCCC1. The lowest BCUT2D eigenvalue weighted by Gasteiger charge is -2.26. The number of methoxy groups -OCH3 is 1.